The molecule has 0 bridgehead atoms. The normalized spacial score (nSPS) is 11.3. The van der Waals surface area contributed by atoms with Crippen molar-refractivity contribution in [2.45, 2.75) is 26.4 Å². The maximum Gasteiger partial charge on any atom is 0.356 e. The molecular formula is C21H21ClN2O4. The Bertz CT molecular complexity index is 1010. The number of carbonyl (C=O) groups excluding carboxylic acids is 2. The monoisotopic (exact) mass is 400 g/mol. The summed E-state index contributed by atoms with van der Waals surface area (Å²) in [5.74, 6) is -0.433. The highest BCUT2D eigenvalue weighted by molar-refractivity contribution is 6.30. The lowest BCUT2D eigenvalue weighted by molar-refractivity contribution is -0.128. The van der Waals surface area contributed by atoms with Crippen LogP contribution in [0.5, 0.6) is 5.75 Å². The molecule has 1 heterocycles. The van der Waals surface area contributed by atoms with Crippen LogP contribution in [0, 0.1) is 0 Å². The predicted molar refractivity (Wildman–Crippen MR) is 109 cm³/mol. The summed E-state index contributed by atoms with van der Waals surface area (Å²) < 4.78 is 10.9. The Kier molecular flexibility index (Phi) is 5.61. The van der Waals surface area contributed by atoms with Gasteiger partial charge in [0, 0.05) is 15.9 Å². The van der Waals surface area contributed by atoms with Gasteiger partial charge >= 0.3 is 5.97 Å². The number of esters is 1. The largest absolute Gasteiger partial charge is 0.478 e. The molecule has 0 radical (unpaired) electrons. The van der Waals surface area contributed by atoms with Crippen LogP contribution in [0.1, 0.15) is 31.3 Å². The second-order valence-corrected chi connectivity index (χ2v) is 7.10. The number of aromatic amines is 1. The molecule has 1 aromatic heterocycles. The van der Waals surface area contributed by atoms with Crippen molar-refractivity contribution in [3.8, 4) is 5.75 Å². The van der Waals surface area contributed by atoms with Gasteiger partial charge in [0.25, 0.3) is 5.91 Å². The van der Waals surface area contributed by atoms with E-state index < -0.39 is 17.5 Å². The van der Waals surface area contributed by atoms with E-state index in [-0.39, 0.29) is 12.3 Å². The third-order valence-corrected chi connectivity index (χ3v) is 4.41. The predicted octanol–water partition coefficient (Wildman–Crippen LogP) is 4.79. The first-order chi connectivity index (χ1) is 13.3. The van der Waals surface area contributed by atoms with Crippen molar-refractivity contribution < 1.29 is 19.1 Å². The molecule has 6 nitrogen and oxygen atoms in total. The van der Waals surface area contributed by atoms with E-state index in [1.165, 1.54) is 0 Å². The summed E-state index contributed by atoms with van der Waals surface area (Å²) in [7, 11) is 0. The second kappa shape index (κ2) is 7.94. The lowest BCUT2D eigenvalue weighted by Gasteiger charge is -2.25. The van der Waals surface area contributed by atoms with Crippen molar-refractivity contribution in [3.63, 3.8) is 0 Å². The van der Waals surface area contributed by atoms with Gasteiger partial charge < -0.3 is 19.8 Å². The molecule has 0 atom stereocenters. The standard InChI is InChI=1S/C21H21ClN2O4/c1-4-27-19(25)18-17(15-7-5-6-8-16(15)23-18)24-20(26)21(2,3)28-14-11-9-13(22)10-12-14/h5-12,23H,4H2,1-3H3,(H,24,26). The van der Waals surface area contributed by atoms with Crippen molar-refractivity contribution in [2.75, 3.05) is 11.9 Å². The van der Waals surface area contributed by atoms with Crippen molar-refractivity contribution in [1.29, 1.82) is 0 Å². The molecule has 0 saturated heterocycles. The van der Waals surface area contributed by atoms with E-state index >= 15 is 0 Å². The Balaban J connectivity index is 1.90. The van der Waals surface area contributed by atoms with Crippen molar-refractivity contribution >= 4 is 40.1 Å². The van der Waals surface area contributed by atoms with E-state index in [0.717, 1.165) is 5.52 Å². The van der Waals surface area contributed by atoms with Gasteiger partial charge in [0.05, 0.1) is 12.3 Å². The number of para-hydroxylation sites is 1. The van der Waals surface area contributed by atoms with Gasteiger partial charge in [0.1, 0.15) is 11.4 Å². The highest BCUT2D eigenvalue weighted by atomic mass is 35.5. The number of carbonyl (C=O) groups is 2. The molecule has 2 aromatic carbocycles. The van der Waals surface area contributed by atoms with E-state index in [9.17, 15) is 9.59 Å². The first-order valence-corrected chi connectivity index (χ1v) is 9.23. The van der Waals surface area contributed by atoms with Crippen LogP contribution in [0.3, 0.4) is 0 Å². The summed E-state index contributed by atoms with van der Waals surface area (Å²) in [6, 6.07) is 14.1. The van der Waals surface area contributed by atoms with Crippen molar-refractivity contribution in [1.82, 2.24) is 4.98 Å². The van der Waals surface area contributed by atoms with Gasteiger partial charge in [0.15, 0.2) is 5.60 Å². The van der Waals surface area contributed by atoms with Crippen LogP contribution in [0.25, 0.3) is 10.9 Å². The molecule has 0 saturated carbocycles. The first-order valence-electron chi connectivity index (χ1n) is 8.85. The Morgan fingerprint density at radius 3 is 2.46 bits per heavy atom. The number of benzene rings is 2. The van der Waals surface area contributed by atoms with E-state index in [0.29, 0.717) is 21.8 Å². The topological polar surface area (TPSA) is 80.4 Å². The summed E-state index contributed by atoms with van der Waals surface area (Å²) >= 11 is 5.89. The molecule has 0 aliphatic carbocycles. The Morgan fingerprint density at radius 2 is 1.79 bits per heavy atom. The summed E-state index contributed by atoms with van der Waals surface area (Å²) in [5, 5.41) is 4.11. The zero-order chi connectivity index (χ0) is 20.3. The molecule has 0 aliphatic heterocycles. The summed E-state index contributed by atoms with van der Waals surface area (Å²) in [4.78, 5) is 28.3. The Labute approximate surface area is 167 Å². The van der Waals surface area contributed by atoms with Crippen LogP contribution in [0.4, 0.5) is 5.69 Å². The molecule has 3 rings (SSSR count). The van der Waals surface area contributed by atoms with Crippen molar-refractivity contribution in [3.05, 3.63) is 59.2 Å². The number of anilines is 1. The molecule has 0 fully saturated rings. The van der Waals surface area contributed by atoms with Gasteiger partial charge in [-0.2, -0.15) is 0 Å². The van der Waals surface area contributed by atoms with Gasteiger partial charge in [-0.25, -0.2) is 4.79 Å². The number of aromatic nitrogens is 1. The molecule has 0 unspecified atom stereocenters. The molecule has 146 valence electrons. The number of fused-ring (bicyclic) bond motifs is 1. The first kappa shape index (κ1) is 19.8. The van der Waals surface area contributed by atoms with Crippen LogP contribution in [0.15, 0.2) is 48.5 Å². The highest BCUT2D eigenvalue weighted by Crippen LogP contribution is 2.30. The SMILES string of the molecule is CCOC(=O)c1[nH]c2ccccc2c1NC(=O)C(C)(C)Oc1ccc(Cl)cc1. The Hall–Kier alpha value is -2.99. The smallest absolute Gasteiger partial charge is 0.356 e. The fourth-order valence-corrected chi connectivity index (χ4v) is 2.86. The molecule has 2 N–H and O–H groups in total. The highest BCUT2D eigenvalue weighted by Gasteiger charge is 2.32. The van der Waals surface area contributed by atoms with E-state index in [2.05, 4.69) is 10.3 Å². The molecule has 7 heteroatoms. The number of amides is 1. The lowest BCUT2D eigenvalue weighted by Crippen LogP contribution is -2.42. The molecular weight excluding hydrogens is 380 g/mol. The molecule has 0 aliphatic rings. The van der Waals surface area contributed by atoms with Crippen LogP contribution < -0.4 is 10.1 Å². The number of nitrogens with one attached hydrogen (secondary N) is 2. The van der Waals surface area contributed by atoms with Crippen LogP contribution in [0.2, 0.25) is 5.02 Å². The van der Waals surface area contributed by atoms with Gasteiger partial charge in [-0.1, -0.05) is 29.8 Å². The summed E-state index contributed by atoms with van der Waals surface area (Å²) in [6.07, 6.45) is 0. The fourth-order valence-electron chi connectivity index (χ4n) is 2.74. The van der Waals surface area contributed by atoms with Gasteiger partial charge in [-0.3, -0.25) is 4.79 Å². The lowest BCUT2D eigenvalue weighted by atomic mass is 10.1. The minimum absolute atomic E-state index is 0.193. The average Bonchev–Trinajstić information content (AvgIpc) is 3.02. The average molecular weight is 401 g/mol. The maximum absolute atomic E-state index is 13.0. The third kappa shape index (κ3) is 4.12. The number of halogens is 1. The molecule has 3 aromatic rings. The van der Waals surface area contributed by atoms with Gasteiger partial charge in [-0.15, -0.1) is 0 Å². The van der Waals surface area contributed by atoms with Gasteiger partial charge in [-0.05, 0) is 51.1 Å². The fraction of sp³-hybridized carbons (Fsp3) is 0.238. The number of hydrogen-bond donors (Lipinski definition) is 2. The van der Waals surface area contributed by atoms with Gasteiger partial charge in [0.2, 0.25) is 0 Å². The Morgan fingerprint density at radius 1 is 1.11 bits per heavy atom. The third-order valence-electron chi connectivity index (χ3n) is 4.16. The summed E-state index contributed by atoms with van der Waals surface area (Å²) in [6.45, 7) is 5.25. The molecule has 0 spiro atoms. The van der Waals surface area contributed by atoms with E-state index in [1.54, 1.807) is 45.0 Å². The van der Waals surface area contributed by atoms with E-state index in [1.807, 2.05) is 24.3 Å². The number of hydrogen-bond acceptors (Lipinski definition) is 4. The van der Waals surface area contributed by atoms with Crippen LogP contribution in [-0.4, -0.2) is 29.1 Å². The number of ether oxygens (including phenoxy) is 2. The minimum atomic E-state index is -1.20. The zero-order valence-corrected chi connectivity index (χ0v) is 16.6. The van der Waals surface area contributed by atoms with Crippen molar-refractivity contribution in [2.24, 2.45) is 0 Å². The number of rotatable bonds is 6. The summed E-state index contributed by atoms with van der Waals surface area (Å²) in [5.41, 5.74) is 0.0841. The molecule has 1 amide bonds. The second-order valence-electron chi connectivity index (χ2n) is 6.66. The zero-order valence-electron chi connectivity index (χ0n) is 15.8. The van der Waals surface area contributed by atoms with E-state index in [4.69, 9.17) is 21.1 Å². The number of H-pyrrole nitrogens is 1. The minimum Gasteiger partial charge on any atom is -0.478 e. The quantitative estimate of drug-likeness (QED) is 0.583. The molecule has 28 heavy (non-hydrogen) atoms. The van der Waals surface area contributed by atoms with Crippen LogP contribution in [-0.2, 0) is 9.53 Å². The maximum atomic E-state index is 13.0. The van der Waals surface area contributed by atoms with Crippen LogP contribution >= 0.6 is 11.6 Å².